The lowest BCUT2D eigenvalue weighted by atomic mass is 10.5. The number of hydrogen-bond acceptors (Lipinski definition) is 0. The van der Waals surface area contributed by atoms with E-state index in [4.69, 9.17) is 92.8 Å². The van der Waals surface area contributed by atoms with Crippen LogP contribution in [0.15, 0.2) is 0 Å². The highest BCUT2D eigenvalue weighted by molar-refractivity contribution is 6.80. The van der Waals surface area contributed by atoms with Gasteiger partial charge in [-0.15, -0.1) is 92.8 Å². The van der Waals surface area contributed by atoms with Crippen LogP contribution >= 0.6 is 92.8 Å². The number of rotatable bonds is 20. The Kier molecular flexibility index (Phi) is 23.2. The molecule has 13 heteroatoms. The summed E-state index contributed by atoms with van der Waals surface area (Å²) in [5.74, 6) is 0. The molecule has 0 unspecified atom stereocenters. The van der Waals surface area contributed by atoms with Crippen LogP contribution in [0.4, 0.5) is 0 Å². The Morgan fingerprint density at radius 1 is 0.414 bits per heavy atom. The van der Waals surface area contributed by atoms with E-state index in [0.29, 0.717) is 38.1 Å². The molecule has 29 heavy (non-hydrogen) atoms. The Hall–Kier alpha value is 3.40. The summed E-state index contributed by atoms with van der Waals surface area (Å²) in [5, 5.41) is 0. The van der Waals surface area contributed by atoms with E-state index in [-0.39, 0.29) is 17.8 Å². The van der Waals surface area contributed by atoms with Gasteiger partial charge in [0, 0.05) is 0 Å². The molecule has 0 bridgehead atoms. The van der Waals surface area contributed by atoms with Gasteiger partial charge in [0.1, 0.15) is 0 Å². The molecule has 0 aromatic heterocycles. The molecule has 0 N–H and O–H groups in total. The number of alkyl halides is 8. The van der Waals surface area contributed by atoms with Gasteiger partial charge in [0.25, 0.3) is 0 Å². The molecule has 0 fully saturated rings. The molecule has 168 valence electrons. The Balaban J connectivity index is 4.86. The average Bonchev–Trinajstić information content (AvgIpc) is 2.62. The molecule has 0 spiro atoms. The van der Waals surface area contributed by atoms with Gasteiger partial charge in [-0.05, 0) is 0 Å². The van der Waals surface area contributed by atoms with E-state index in [0.717, 1.165) is 24.2 Å². The van der Waals surface area contributed by atoms with E-state index < -0.39 is 8.07 Å². The molecular formula is C16H28Cl8Si5. The average molecular weight is 644 g/mol. The first-order chi connectivity index (χ1) is 13.7. The van der Waals surface area contributed by atoms with Crippen LogP contribution in [0.5, 0.6) is 0 Å². The van der Waals surface area contributed by atoms with Gasteiger partial charge in [-0.1, -0.05) is 74.0 Å². The van der Waals surface area contributed by atoms with Gasteiger partial charge in [-0.2, -0.15) is 0 Å². The first kappa shape index (κ1) is 32.4. The van der Waals surface area contributed by atoms with Crippen molar-refractivity contribution in [2.24, 2.45) is 0 Å². The Labute approximate surface area is 228 Å². The van der Waals surface area contributed by atoms with Crippen molar-refractivity contribution in [1.82, 2.24) is 0 Å². The fourth-order valence-electron chi connectivity index (χ4n) is 3.45. The quantitative estimate of drug-likeness (QED) is 0.0709. The summed E-state index contributed by atoms with van der Waals surface area (Å²) >= 11 is 47.5. The SMILES string of the molecule is ClC(Cl)[Si]CCC[Si](CCC[Si]C(Cl)Cl)(CCC[Si]C(Cl)Cl)CCC[Si]C(Cl)Cl. The maximum absolute atomic E-state index is 5.94. The van der Waals surface area contributed by atoms with Crippen molar-refractivity contribution in [3.63, 3.8) is 0 Å². The molecule has 0 atom stereocenters. The summed E-state index contributed by atoms with van der Waals surface area (Å²) in [7, 11) is 1.09. The van der Waals surface area contributed by atoms with Gasteiger partial charge in [-0.3, -0.25) is 0 Å². The van der Waals surface area contributed by atoms with Crippen molar-refractivity contribution in [2.45, 2.75) is 91.9 Å². The summed E-state index contributed by atoms with van der Waals surface area (Å²) in [5.41, 5.74) is 0. The highest BCUT2D eigenvalue weighted by Crippen LogP contribution is 2.34. The largest absolute Gasteiger partial charge is 0.110 e. The zero-order valence-corrected chi connectivity index (χ0v) is 27.4. The maximum Gasteiger partial charge on any atom is 0.0929 e. The summed E-state index contributed by atoms with van der Waals surface area (Å²) in [6, 6.07) is 9.88. The Morgan fingerprint density at radius 3 is 0.793 bits per heavy atom. The summed E-state index contributed by atoms with van der Waals surface area (Å²) < 4.78 is -0.916. The van der Waals surface area contributed by atoms with E-state index >= 15 is 0 Å². The van der Waals surface area contributed by atoms with Crippen molar-refractivity contribution in [1.29, 1.82) is 0 Å². The topological polar surface area (TPSA) is 0 Å². The van der Waals surface area contributed by atoms with Crippen LogP contribution in [0, 0.1) is 0 Å². The van der Waals surface area contributed by atoms with Crippen LogP contribution in [0.25, 0.3) is 0 Å². The van der Waals surface area contributed by atoms with Crippen LogP contribution in [0.2, 0.25) is 48.4 Å². The Morgan fingerprint density at radius 2 is 0.621 bits per heavy atom. The monoisotopic (exact) mass is 640 g/mol. The van der Waals surface area contributed by atoms with Crippen LogP contribution < -0.4 is 0 Å². The zero-order chi connectivity index (χ0) is 22.1. The van der Waals surface area contributed by atoms with Crippen LogP contribution in [0.1, 0.15) is 25.7 Å². The normalized spacial score (nSPS) is 12.8. The van der Waals surface area contributed by atoms with E-state index in [1.165, 1.54) is 49.9 Å². The van der Waals surface area contributed by atoms with Crippen molar-refractivity contribution in [3.8, 4) is 0 Å². The first-order valence-corrected chi connectivity index (χ1v) is 21.2. The fraction of sp³-hybridized carbons (Fsp3) is 1.00. The summed E-state index contributed by atoms with van der Waals surface area (Å²) in [6.07, 6.45) is 4.90. The standard InChI is InChI=1S/C16H28Cl8Si5/c17-13(18)25-5-1-9-29(10-2-6-26-14(19)20,11-3-7-27-15(21)22)12-4-8-28-16(23)24/h13-16H,1-12H2. The third-order valence-electron chi connectivity index (χ3n) is 4.73. The molecule has 8 radical (unpaired) electrons. The number of hydrogen-bond donors (Lipinski definition) is 0. The minimum absolute atomic E-state index is 0.229. The molecule has 0 rings (SSSR count). The minimum Gasteiger partial charge on any atom is -0.110 e. The fourth-order valence-corrected chi connectivity index (χ4v) is 15.1. The molecule has 0 aromatic carbocycles. The predicted octanol–water partition coefficient (Wildman–Crippen LogP) is 8.53. The van der Waals surface area contributed by atoms with Gasteiger partial charge >= 0.3 is 0 Å². The van der Waals surface area contributed by atoms with E-state index in [1.54, 1.807) is 0 Å². The second-order valence-electron chi connectivity index (χ2n) is 6.93. The van der Waals surface area contributed by atoms with Crippen molar-refractivity contribution < 1.29 is 0 Å². The van der Waals surface area contributed by atoms with E-state index in [1.807, 2.05) is 0 Å². The van der Waals surface area contributed by atoms with Crippen LogP contribution in [-0.4, -0.2) is 64.0 Å². The van der Waals surface area contributed by atoms with Gasteiger partial charge in [0.2, 0.25) is 0 Å². The summed E-state index contributed by atoms with van der Waals surface area (Å²) in [6.45, 7) is 0. The minimum atomic E-state index is -1.41. The Bertz CT molecular complexity index is 308. The van der Waals surface area contributed by atoms with Crippen LogP contribution in [-0.2, 0) is 0 Å². The third-order valence-corrected chi connectivity index (χ3v) is 17.9. The van der Waals surface area contributed by atoms with Gasteiger partial charge in [0.05, 0.1) is 64.0 Å². The zero-order valence-electron chi connectivity index (χ0n) is 16.3. The molecular weight excluding hydrogens is 616 g/mol. The smallest absolute Gasteiger partial charge is 0.0929 e. The second kappa shape index (κ2) is 20.8. The lowest BCUT2D eigenvalue weighted by molar-refractivity contribution is 0.873. The van der Waals surface area contributed by atoms with Gasteiger partial charge in [-0.25, -0.2) is 0 Å². The second-order valence-corrected chi connectivity index (χ2v) is 25.2. The van der Waals surface area contributed by atoms with Crippen LogP contribution in [0.3, 0.4) is 0 Å². The first-order valence-electron chi connectivity index (χ1n) is 9.73. The van der Waals surface area contributed by atoms with Gasteiger partial charge < -0.3 is 0 Å². The molecule has 0 aliphatic carbocycles. The van der Waals surface area contributed by atoms with Crippen molar-refractivity contribution in [3.05, 3.63) is 0 Å². The molecule has 0 heterocycles. The number of halogens is 8. The molecule has 0 aliphatic heterocycles. The lowest BCUT2D eigenvalue weighted by Gasteiger charge is -2.33. The maximum atomic E-state index is 5.94. The third kappa shape index (κ3) is 21.7. The molecule has 0 amide bonds. The summed E-state index contributed by atoms with van der Waals surface area (Å²) in [4.78, 5) is 0. The van der Waals surface area contributed by atoms with E-state index in [9.17, 15) is 0 Å². The highest BCUT2D eigenvalue weighted by atomic mass is 35.5. The molecule has 0 aromatic rings. The van der Waals surface area contributed by atoms with Crippen molar-refractivity contribution >= 4 is 139 Å². The molecule has 0 nitrogen and oxygen atoms in total. The highest BCUT2D eigenvalue weighted by Gasteiger charge is 2.31. The molecule has 0 saturated carbocycles. The predicted molar refractivity (Wildman–Crippen MR) is 148 cm³/mol. The van der Waals surface area contributed by atoms with E-state index in [2.05, 4.69) is 0 Å². The molecule has 0 saturated heterocycles. The lowest BCUT2D eigenvalue weighted by Crippen LogP contribution is -2.34. The van der Waals surface area contributed by atoms with Gasteiger partial charge in [0.15, 0.2) is 0 Å². The molecule has 0 aliphatic rings. The van der Waals surface area contributed by atoms with Crippen molar-refractivity contribution in [2.75, 3.05) is 0 Å².